The number of amides is 2. The molecule has 1 aromatic carbocycles. The second-order valence-electron chi connectivity index (χ2n) is 9.11. The molecular weight excluding hydrogens is 485 g/mol. The van der Waals surface area contributed by atoms with Gasteiger partial charge in [-0.25, -0.2) is 0 Å². The first kappa shape index (κ1) is 26.0. The van der Waals surface area contributed by atoms with E-state index in [0.29, 0.717) is 29.6 Å². The number of ether oxygens (including phenoxy) is 2. The van der Waals surface area contributed by atoms with Crippen LogP contribution in [0.15, 0.2) is 23.8 Å². The summed E-state index contributed by atoms with van der Waals surface area (Å²) in [6.07, 6.45) is -4.25. The molecule has 1 saturated carbocycles. The molecule has 12 heteroatoms. The highest BCUT2D eigenvalue weighted by Gasteiger charge is 2.53. The fourth-order valence-corrected chi connectivity index (χ4v) is 4.97. The highest BCUT2D eigenvalue weighted by atomic mass is 19.4. The molecule has 0 aromatic heterocycles. The highest BCUT2D eigenvalue weighted by Crippen LogP contribution is 2.51. The van der Waals surface area contributed by atoms with Crippen molar-refractivity contribution < 1.29 is 47.2 Å². The molecule has 1 aromatic rings. The fourth-order valence-electron chi connectivity index (χ4n) is 4.97. The summed E-state index contributed by atoms with van der Waals surface area (Å²) < 4.78 is 51.9. The fraction of sp³-hybridized carbons (Fsp3) is 0.542. The lowest BCUT2D eigenvalue weighted by atomic mass is 9.76. The number of hydrogen-bond acceptors (Lipinski definition) is 7. The largest absolute Gasteiger partial charge is 0.493 e. The van der Waals surface area contributed by atoms with E-state index in [1.807, 2.05) is 0 Å². The van der Waals surface area contributed by atoms with E-state index in [9.17, 15) is 32.7 Å². The first-order valence-corrected chi connectivity index (χ1v) is 11.6. The number of aliphatic hydroxyl groups excluding tert-OH is 2. The molecule has 1 aliphatic heterocycles. The molecule has 3 aliphatic rings. The third kappa shape index (κ3) is 4.79. The minimum Gasteiger partial charge on any atom is -0.493 e. The number of carbonyl (C=O) groups is 3. The van der Waals surface area contributed by atoms with Gasteiger partial charge >= 0.3 is 6.18 Å². The monoisotopic (exact) mass is 512 g/mol. The number of carbonyl (C=O) groups excluding carboxylic acids is 3. The third-order valence-electron chi connectivity index (χ3n) is 6.86. The maximum Gasteiger partial charge on any atom is 0.406 e. The van der Waals surface area contributed by atoms with Gasteiger partial charge < -0.3 is 29.9 Å². The molecule has 0 saturated heterocycles. The molecule has 0 radical (unpaired) electrons. The van der Waals surface area contributed by atoms with Crippen LogP contribution in [-0.4, -0.2) is 84.4 Å². The van der Waals surface area contributed by atoms with Gasteiger partial charge in [0.25, 0.3) is 0 Å². The number of aliphatic hydroxyl groups is 2. The number of hydrogen-bond donors (Lipinski definition) is 3. The minimum absolute atomic E-state index is 0.0406. The zero-order valence-electron chi connectivity index (χ0n) is 19.5. The Kier molecular flexibility index (Phi) is 7.28. The summed E-state index contributed by atoms with van der Waals surface area (Å²) in [4.78, 5) is 38.2. The van der Waals surface area contributed by atoms with Gasteiger partial charge in [0, 0.05) is 29.2 Å². The average molecular weight is 512 g/mol. The van der Waals surface area contributed by atoms with E-state index in [4.69, 9.17) is 14.6 Å². The molecule has 9 nitrogen and oxygen atoms in total. The molecule has 196 valence electrons. The Balaban J connectivity index is 1.81. The lowest BCUT2D eigenvalue weighted by Gasteiger charge is -2.42. The zero-order valence-corrected chi connectivity index (χ0v) is 19.5. The molecule has 1 heterocycles. The summed E-state index contributed by atoms with van der Waals surface area (Å²) in [7, 11) is 1.34. The van der Waals surface area contributed by atoms with E-state index in [1.54, 1.807) is 0 Å². The number of halogens is 3. The maximum absolute atomic E-state index is 13.5. The summed E-state index contributed by atoms with van der Waals surface area (Å²) in [6.45, 7) is -2.11. The van der Waals surface area contributed by atoms with Crippen LogP contribution in [0.25, 0.3) is 0 Å². The van der Waals surface area contributed by atoms with Crippen LogP contribution in [0, 0.1) is 5.92 Å². The molecule has 4 atom stereocenters. The highest BCUT2D eigenvalue weighted by molar-refractivity contribution is 5.96. The Morgan fingerprint density at radius 3 is 2.58 bits per heavy atom. The minimum atomic E-state index is -4.75. The summed E-state index contributed by atoms with van der Waals surface area (Å²) >= 11 is 0. The predicted molar refractivity (Wildman–Crippen MR) is 119 cm³/mol. The van der Waals surface area contributed by atoms with Gasteiger partial charge in [0.2, 0.25) is 11.8 Å². The molecule has 3 N–H and O–H groups in total. The number of alkyl halides is 3. The van der Waals surface area contributed by atoms with Crippen LogP contribution < -0.4 is 14.8 Å². The third-order valence-corrected chi connectivity index (χ3v) is 6.86. The van der Waals surface area contributed by atoms with E-state index < -0.39 is 54.6 Å². The number of rotatable bonds is 8. The Morgan fingerprint density at radius 1 is 1.31 bits per heavy atom. The average Bonchev–Trinajstić information content (AvgIpc) is 3.19. The maximum atomic E-state index is 13.5. The summed E-state index contributed by atoms with van der Waals surface area (Å²) in [5.41, 5.74) is 0.513. The second-order valence-corrected chi connectivity index (χ2v) is 9.11. The summed E-state index contributed by atoms with van der Waals surface area (Å²) in [6, 6.07) is 1.36. The van der Waals surface area contributed by atoms with Crippen molar-refractivity contribution in [1.82, 2.24) is 10.2 Å². The van der Waals surface area contributed by atoms with Gasteiger partial charge in [0.15, 0.2) is 11.5 Å². The van der Waals surface area contributed by atoms with Gasteiger partial charge in [-0.3, -0.25) is 14.4 Å². The normalized spacial score (nSPS) is 25.0. The number of fused-ring (bicyclic) bond motifs is 3. The lowest BCUT2D eigenvalue weighted by molar-refractivity contribution is -0.174. The number of nitrogens with one attached hydrogen (secondary N) is 1. The molecule has 0 spiro atoms. The van der Waals surface area contributed by atoms with E-state index in [2.05, 4.69) is 5.32 Å². The van der Waals surface area contributed by atoms with Crippen molar-refractivity contribution >= 4 is 18.1 Å². The molecule has 0 unspecified atom stereocenters. The van der Waals surface area contributed by atoms with Gasteiger partial charge in [-0.1, -0.05) is 6.42 Å². The second kappa shape index (κ2) is 10.1. The van der Waals surface area contributed by atoms with Crippen molar-refractivity contribution in [2.75, 3.05) is 26.8 Å². The quantitative estimate of drug-likeness (QED) is 0.449. The standard InChI is InChI=1S/C24H27F3N2O7/c1-35-17-8-12(10-31)7-14-18-15(22(33)28-5-6-30)9-16(19(32)21(18)36-20(14)17)29(11-24(25,26)27)23(34)13-3-2-4-13/h7-10,13,16,18-19,21,30,32H,2-6,11H2,1H3,(H,28,33)/t16-,18+,19+,21+/m1/s1. The van der Waals surface area contributed by atoms with E-state index >= 15 is 0 Å². The number of aldehydes is 1. The number of benzene rings is 1. The Hall–Kier alpha value is -3.12. The Morgan fingerprint density at radius 2 is 2.03 bits per heavy atom. The van der Waals surface area contributed by atoms with Gasteiger partial charge in [-0.15, -0.1) is 0 Å². The van der Waals surface area contributed by atoms with Gasteiger partial charge in [-0.05, 0) is 31.1 Å². The summed E-state index contributed by atoms with van der Waals surface area (Å²) in [5.74, 6) is -2.69. The lowest BCUT2D eigenvalue weighted by Crippen LogP contribution is -2.58. The first-order valence-electron chi connectivity index (χ1n) is 11.6. The molecule has 2 aliphatic carbocycles. The summed E-state index contributed by atoms with van der Waals surface area (Å²) in [5, 5.41) is 22.9. The molecule has 2 amide bonds. The number of methoxy groups -OCH3 is 1. The van der Waals surface area contributed by atoms with Crippen LogP contribution in [0.4, 0.5) is 13.2 Å². The SMILES string of the molecule is COc1cc(C=O)cc2c1O[C@@H]1[C@@H](O)[C@H](N(CC(F)(F)F)C(=O)C3CCC3)C=C(C(=O)NCCO)[C@H]21. The van der Waals surface area contributed by atoms with Crippen molar-refractivity contribution in [3.8, 4) is 11.5 Å². The van der Waals surface area contributed by atoms with E-state index in [-0.39, 0.29) is 35.8 Å². The van der Waals surface area contributed by atoms with Crippen LogP contribution in [0.5, 0.6) is 11.5 Å². The van der Waals surface area contributed by atoms with Gasteiger partial charge in [0.1, 0.15) is 25.0 Å². The molecule has 36 heavy (non-hydrogen) atoms. The van der Waals surface area contributed by atoms with Crippen LogP contribution >= 0.6 is 0 Å². The van der Waals surface area contributed by atoms with Crippen LogP contribution in [-0.2, 0) is 9.59 Å². The molecule has 1 fully saturated rings. The molecular formula is C24H27F3N2O7. The first-order chi connectivity index (χ1) is 17.1. The van der Waals surface area contributed by atoms with Crippen molar-refractivity contribution in [2.24, 2.45) is 5.92 Å². The van der Waals surface area contributed by atoms with Crippen molar-refractivity contribution in [3.63, 3.8) is 0 Å². The van der Waals surface area contributed by atoms with Crippen LogP contribution in [0.2, 0.25) is 0 Å². The Bertz CT molecular complexity index is 1070. The number of nitrogens with zero attached hydrogens (tertiary/aromatic N) is 1. The molecule has 0 bridgehead atoms. The predicted octanol–water partition coefficient (Wildman–Crippen LogP) is 1.32. The zero-order chi connectivity index (χ0) is 26.2. The topological polar surface area (TPSA) is 125 Å². The van der Waals surface area contributed by atoms with Gasteiger partial charge in [0.05, 0.1) is 25.7 Å². The Labute approximate surface area is 204 Å². The van der Waals surface area contributed by atoms with Crippen LogP contribution in [0.1, 0.15) is 41.1 Å². The van der Waals surface area contributed by atoms with Crippen molar-refractivity contribution in [2.45, 2.75) is 49.6 Å². The van der Waals surface area contributed by atoms with E-state index in [0.717, 1.165) is 6.42 Å². The van der Waals surface area contributed by atoms with Crippen molar-refractivity contribution in [3.05, 3.63) is 34.9 Å². The van der Waals surface area contributed by atoms with E-state index in [1.165, 1.54) is 25.3 Å². The van der Waals surface area contributed by atoms with Crippen molar-refractivity contribution in [1.29, 1.82) is 0 Å². The molecule has 4 rings (SSSR count). The smallest absolute Gasteiger partial charge is 0.406 e. The van der Waals surface area contributed by atoms with Crippen LogP contribution in [0.3, 0.4) is 0 Å². The van der Waals surface area contributed by atoms with Gasteiger partial charge in [-0.2, -0.15) is 13.2 Å².